The van der Waals surface area contributed by atoms with Gasteiger partial charge >= 0.3 is 0 Å². The Kier molecular flexibility index (Phi) is 16.2. The number of benzene rings is 5. The maximum atomic E-state index is 14.0. The molecule has 0 radical (unpaired) electrons. The van der Waals surface area contributed by atoms with E-state index in [0.29, 0.717) is 32.2 Å². The Balaban J connectivity index is 0.991. The highest BCUT2D eigenvalue weighted by Crippen LogP contribution is 2.28. The van der Waals surface area contributed by atoms with Crippen molar-refractivity contribution in [3.05, 3.63) is 178 Å². The van der Waals surface area contributed by atoms with Crippen LogP contribution in [0.25, 0.3) is 0 Å². The molecular formula is C52H53F3N6O6. The molecule has 15 heteroatoms. The van der Waals surface area contributed by atoms with Gasteiger partial charge in [0.2, 0.25) is 23.6 Å². The molecule has 5 aromatic carbocycles. The predicted molar refractivity (Wildman–Crippen MR) is 245 cm³/mol. The highest BCUT2D eigenvalue weighted by Gasteiger charge is 2.45. The Hall–Kier alpha value is -7.29. The van der Waals surface area contributed by atoms with Crippen LogP contribution < -0.4 is 21.3 Å². The number of nitrogens with zero attached hydrogens (tertiary/aromatic N) is 2. The Morgan fingerprint density at radius 2 is 0.627 bits per heavy atom. The van der Waals surface area contributed by atoms with E-state index >= 15 is 0 Å². The van der Waals surface area contributed by atoms with Crippen LogP contribution in [-0.2, 0) is 44.9 Å². The molecule has 0 spiro atoms. The molecule has 5 aromatic rings. The van der Waals surface area contributed by atoms with Crippen molar-refractivity contribution < 1.29 is 41.9 Å². The molecule has 2 fully saturated rings. The minimum absolute atomic E-state index is 0.0127. The molecule has 2 aliphatic heterocycles. The van der Waals surface area contributed by atoms with E-state index in [0.717, 1.165) is 22.3 Å². The van der Waals surface area contributed by atoms with Gasteiger partial charge in [-0.2, -0.15) is 0 Å². The van der Waals surface area contributed by atoms with Gasteiger partial charge in [0.15, 0.2) is 0 Å². The highest BCUT2D eigenvalue weighted by atomic mass is 19.1. The number of rotatable bonds is 18. The van der Waals surface area contributed by atoms with Crippen LogP contribution >= 0.6 is 0 Å². The van der Waals surface area contributed by atoms with E-state index in [4.69, 9.17) is 0 Å². The quantitative estimate of drug-likeness (QED) is 0.0979. The third-order valence-electron chi connectivity index (χ3n) is 12.4. The summed E-state index contributed by atoms with van der Waals surface area (Å²) in [5.74, 6) is -6.98. The lowest BCUT2D eigenvalue weighted by molar-refractivity contribution is -0.132. The monoisotopic (exact) mass is 914 g/mol. The van der Waals surface area contributed by atoms with Gasteiger partial charge in [0.05, 0.1) is 23.7 Å². The van der Waals surface area contributed by atoms with Gasteiger partial charge in [-0.15, -0.1) is 0 Å². The first kappa shape index (κ1) is 47.7. The molecule has 0 unspecified atom stereocenters. The average molecular weight is 915 g/mol. The van der Waals surface area contributed by atoms with Crippen molar-refractivity contribution in [1.29, 1.82) is 0 Å². The first-order valence-corrected chi connectivity index (χ1v) is 22.5. The minimum atomic E-state index is -0.879. The Labute approximate surface area is 387 Å². The smallest absolute Gasteiger partial charge is 0.253 e. The van der Waals surface area contributed by atoms with Crippen molar-refractivity contribution in [2.45, 2.75) is 25.7 Å². The molecule has 2 saturated heterocycles. The first-order valence-electron chi connectivity index (χ1n) is 22.5. The topological polar surface area (TPSA) is 157 Å². The maximum Gasteiger partial charge on any atom is 0.253 e. The molecule has 0 saturated carbocycles. The number of hydrogen-bond donors (Lipinski definition) is 4. The summed E-state index contributed by atoms with van der Waals surface area (Å²) in [5, 5.41) is 11.6. The van der Waals surface area contributed by atoms with Crippen LogP contribution in [-0.4, -0.2) is 97.6 Å². The van der Waals surface area contributed by atoms with Crippen molar-refractivity contribution in [3.63, 3.8) is 0 Å². The highest BCUT2D eigenvalue weighted by molar-refractivity contribution is 6.00. The second kappa shape index (κ2) is 22.7. The molecule has 0 bridgehead atoms. The van der Waals surface area contributed by atoms with Crippen molar-refractivity contribution in [3.8, 4) is 0 Å². The fourth-order valence-electron chi connectivity index (χ4n) is 8.56. The van der Waals surface area contributed by atoms with Gasteiger partial charge in [0.25, 0.3) is 11.8 Å². The summed E-state index contributed by atoms with van der Waals surface area (Å²) < 4.78 is 40.3. The van der Waals surface area contributed by atoms with E-state index < -0.39 is 47.3 Å². The van der Waals surface area contributed by atoms with E-state index in [2.05, 4.69) is 21.3 Å². The molecule has 12 nitrogen and oxygen atoms in total. The maximum absolute atomic E-state index is 14.0. The zero-order valence-electron chi connectivity index (χ0n) is 36.9. The summed E-state index contributed by atoms with van der Waals surface area (Å²) in [5.41, 5.74) is 3.94. The van der Waals surface area contributed by atoms with Crippen LogP contribution in [0.15, 0.2) is 127 Å². The van der Waals surface area contributed by atoms with Gasteiger partial charge < -0.3 is 31.1 Å². The third-order valence-corrected chi connectivity index (χ3v) is 12.4. The summed E-state index contributed by atoms with van der Waals surface area (Å²) in [6, 6.07) is 33.4. The molecule has 2 aliphatic rings. The summed E-state index contributed by atoms with van der Waals surface area (Å²) >= 11 is 0. The van der Waals surface area contributed by atoms with Crippen LogP contribution in [0.1, 0.15) is 43.0 Å². The fourth-order valence-corrected chi connectivity index (χ4v) is 8.56. The zero-order valence-corrected chi connectivity index (χ0v) is 36.9. The SMILES string of the molecule is O=C(NCCc1ccccc1)[C@H]1CN(C(=O)c2ccc(C(=O)N3C[C@H](C(=O)NCCc4ccc(F)cc4)[C@@H](C(=O)NCCc4ccc(F)cc4)C3)cc2)C[C@@H]1C(=O)NCCc1ccc(F)cc1. The van der Waals surface area contributed by atoms with E-state index in [1.54, 1.807) is 36.4 Å². The molecule has 67 heavy (non-hydrogen) atoms. The van der Waals surface area contributed by atoms with E-state index in [9.17, 15) is 41.9 Å². The summed E-state index contributed by atoms with van der Waals surface area (Å²) in [4.78, 5) is 85.3. The molecule has 4 N–H and O–H groups in total. The van der Waals surface area contributed by atoms with Crippen molar-refractivity contribution in [2.24, 2.45) is 23.7 Å². The van der Waals surface area contributed by atoms with Gasteiger partial charge in [0, 0.05) is 63.5 Å². The van der Waals surface area contributed by atoms with Crippen molar-refractivity contribution in [2.75, 3.05) is 52.4 Å². The summed E-state index contributed by atoms with van der Waals surface area (Å²) in [6.45, 7) is 0.905. The number of carbonyl (C=O) groups excluding carboxylic acids is 6. The number of hydrogen-bond acceptors (Lipinski definition) is 6. The van der Waals surface area contributed by atoms with Crippen LogP contribution in [0.2, 0.25) is 0 Å². The van der Waals surface area contributed by atoms with Gasteiger partial charge in [-0.3, -0.25) is 28.8 Å². The first-order chi connectivity index (χ1) is 32.4. The van der Waals surface area contributed by atoms with E-state index in [-0.39, 0.29) is 86.2 Å². The fraction of sp³-hybridized carbons (Fsp3) is 0.308. The van der Waals surface area contributed by atoms with Gasteiger partial charge in [-0.1, -0.05) is 66.7 Å². The van der Waals surface area contributed by atoms with Crippen molar-refractivity contribution >= 4 is 35.4 Å². The van der Waals surface area contributed by atoms with Crippen molar-refractivity contribution in [1.82, 2.24) is 31.1 Å². The van der Waals surface area contributed by atoms with E-state index in [1.165, 1.54) is 70.5 Å². The van der Waals surface area contributed by atoms with Crippen LogP contribution in [0.5, 0.6) is 0 Å². The van der Waals surface area contributed by atoms with Gasteiger partial charge in [0.1, 0.15) is 17.5 Å². The minimum Gasteiger partial charge on any atom is -0.355 e. The van der Waals surface area contributed by atoms with Gasteiger partial charge in [-0.05, 0) is 109 Å². The number of nitrogens with one attached hydrogen (secondary N) is 4. The number of halogens is 3. The molecule has 7 rings (SSSR count). The lowest BCUT2D eigenvalue weighted by Gasteiger charge is -2.18. The Morgan fingerprint density at radius 1 is 0.373 bits per heavy atom. The second-order valence-corrected chi connectivity index (χ2v) is 17.0. The van der Waals surface area contributed by atoms with Crippen LogP contribution in [0, 0.1) is 41.1 Å². The average Bonchev–Trinajstić information content (AvgIpc) is 4.00. The van der Waals surface area contributed by atoms with Gasteiger partial charge in [-0.25, -0.2) is 13.2 Å². The molecule has 0 aliphatic carbocycles. The van der Waals surface area contributed by atoms with Crippen LogP contribution in [0.3, 0.4) is 0 Å². The normalized spacial score (nSPS) is 17.7. The molecule has 0 aromatic heterocycles. The standard InChI is InChI=1S/C52H53F3N6O6/c53-40-16-6-35(7-17-40)23-27-57-48(63)44-31-60(30-43(44)47(62)56-26-22-34-4-2-1-3-5-34)51(66)38-12-14-39(15-13-38)52(67)61-32-45(49(64)58-28-24-36-8-18-41(54)19-9-36)46(33-61)50(65)59-29-25-37-10-20-42(55)21-11-37/h1-21,43-46H,22-33H2,(H,56,62)(H,57,63)(H,58,64)(H,59,65)/t43-,44-,45-,46-/m0/s1. The molecule has 4 atom stereocenters. The Bertz CT molecular complexity index is 2440. The molecular weight excluding hydrogens is 862 g/mol. The number of amides is 6. The third kappa shape index (κ3) is 13.0. The molecule has 2 heterocycles. The lowest BCUT2D eigenvalue weighted by atomic mass is 9.94. The molecule has 348 valence electrons. The lowest BCUT2D eigenvalue weighted by Crippen LogP contribution is -2.42. The Morgan fingerprint density at radius 3 is 0.896 bits per heavy atom. The zero-order chi connectivity index (χ0) is 47.3. The summed E-state index contributed by atoms with van der Waals surface area (Å²) in [7, 11) is 0. The number of carbonyl (C=O) groups is 6. The van der Waals surface area contributed by atoms with E-state index in [1.807, 2.05) is 30.3 Å². The predicted octanol–water partition coefficient (Wildman–Crippen LogP) is 4.92. The second-order valence-electron chi connectivity index (χ2n) is 17.0. The summed E-state index contributed by atoms with van der Waals surface area (Å²) in [6.07, 6.45) is 1.87. The van der Waals surface area contributed by atoms with Crippen LogP contribution in [0.4, 0.5) is 13.2 Å². The molecule has 6 amide bonds. The number of likely N-dealkylation sites (tertiary alicyclic amines) is 2. The largest absolute Gasteiger partial charge is 0.355 e.